The predicted octanol–water partition coefficient (Wildman–Crippen LogP) is 2.19. The monoisotopic (exact) mass is 239 g/mol. The van der Waals surface area contributed by atoms with Gasteiger partial charge in [-0.15, -0.1) is 0 Å². The lowest BCUT2D eigenvalue weighted by molar-refractivity contribution is 0.399. The first-order valence-corrected chi connectivity index (χ1v) is 5.24. The summed E-state index contributed by atoms with van der Waals surface area (Å²) >= 11 is 6.01. The van der Waals surface area contributed by atoms with E-state index in [1.807, 2.05) is 13.8 Å². The number of para-hydroxylation sites is 1. The van der Waals surface area contributed by atoms with Gasteiger partial charge >= 0.3 is 11.4 Å². The molecule has 0 aliphatic heterocycles. The van der Waals surface area contributed by atoms with Gasteiger partial charge in [-0.05, 0) is 26.0 Å². The molecule has 0 saturated carbocycles. The van der Waals surface area contributed by atoms with E-state index in [1.54, 1.807) is 18.2 Å². The van der Waals surface area contributed by atoms with Crippen LogP contribution in [0.15, 0.2) is 32.2 Å². The highest BCUT2D eigenvalue weighted by Gasteiger charge is 2.13. The van der Waals surface area contributed by atoms with Gasteiger partial charge in [0.15, 0.2) is 0 Å². The minimum Gasteiger partial charge on any atom is -0.372 e. The van der Waals surface area contributed by atoms with Crippen LogP contribution < -0.4 is 11.4 Å². The van der Waals surface area contributed by atoms with Gasteiger partial charge in [0.25, 0.3) is 0 Å². The summed E-state index contributed by atoms with van der Waals surface area (Å²) < 4.78 is 6.01. The Kier molecular flexibility index (Phi) is 2.59. The Labute approximate surface area is 96.1 Å². The number of rotatable bonds is 1. The molecule has 84 valence electrons. The molecule has 0 fully saturated rings. The lowest BCUT2D eigenvalue weighted by atomic mass is 10.2. The van der Waals surface area contributed by atoms with Crippen molar-refractivity contribution < 1.29 is 4.42 Å². The zero-order valence-electron chi connectivity index (χ0n) is 8.86. The van der Waals surface area contributed by atoms with Gasteiger partial charge in [-0.1, -0.05) is 17.7 Å². The molecule has 0 radical (unpaired) electrons. The Morgan fingerprint density at radius 2 is 2.00 bits per heavy atom. The minimum absolute atomic E-state index is 0.126. The SMILES string of the molecule is CC(C)n1c(=O)oc(=O)c2cccc(Cl)c21. The van der Waals surface area contributed by atoms with Crippen molar-refractivity contribution in [3.05, 3.63) is 44.2 Å². The number of hydrogen-bond acceptors (Lipinski definition) is 3. The molecule has 16 heavy (non-hydrogen) atoms. The van der Waals surface area contributed by atoms with E-state index in [4.69, 9.17) is 11.6 Å². The highest BCUT2D eigenvalue weighted by molar-refractivity contribution is 6.35. The van der Waals surface area contributed by atoms with Gasteiger partial charge in [-0.25, -0.2) is 9.59 Å². The maximum absolute atomic E-state index is 11.6. The van der Waals surface area contributed by atoms with E-state index in [9.17, 15) is 9.59 Å². The van der Waals surface area contributed by atoms with Gasteiger partial charge in [0, 0.05) is 6.04 Å². The van der Waals surface area contributed by atoms with Crippen molar-refractivity contribution in [1.82, 2.24) is 4.57 Å². The van der Waals surface area contributed by atoms with Gasteiger partial charge in [-0.3, -0.25) is 4.57 Å². The van der Waals surface area contributed by atoms with E-state index < -0.39 is 11.4 Å². The van der Waals surface area contributed by atoms with Crippen molar-refractivity contribution in [1.29, 1.82) is 0 Å². The number of fused-ring (bicyclic) bond motifs is 1. The third kappa shape index (κ3) is 1.55. The van der Waals surface area contributed by atoms with E-state index in [-0.39, 0.29) is 6.04 Å². The van der Waals surface area contributed by atoms with Crippen LogP contribution in [0.1, 0.15) is 19.9 Å². The van der Waals surface area contributed by atoms with Gasteiger partial charge in [0.1, 0.15) is 0 Å². The number of hydrogen-bond donors (Lipinski definition) is 0. The molecule has 2 rings (SSSR count). The van der Waals surface area contributed by atoms with Gasteiger partial charge in [0.05, 0.1) is 15.9 Å². The first-order valence-electron chi connectivity index (χ1n) is 4.86. The smallest absolute Gasteiger partial charge is 0.372 e. The summed E-state index contributed by atoms with van der Waals surface area (Å²) in [5, 5.41) is 0.692. The molecule has 0 N–H and O–H groups in total. The maximum atomic E-state index is 11.6. The predicted molar refractivity (Wildman–Crippen MR) is 62.1 cm³/mol. The molecule has 0 saturated heterocycles. The van der Waals surface area contributed by atoms with Crippen molar-refractivity contribution in [3.8, 4) is 0 Å². The first kappa shape index (κ1) is 11.0. The number of aromatic nitrogens is 1. The third-order valence-electron chi connectivity index (χ3n) is 2.34. The van der Waals surface area contributed by atoms with Crippen molar-refractivity contribution in [2.24, 2.45) is 0 Å². The largest absolute Gasteiger partial charge is 0.422 e. The number of benzene rings is 1. The summed E-state index contributed by atoms with van der Waals surface area (Å²) in [5.74, 6) is -0.680. The maximum Gasteiger partial charge on any atom is 0.422 e. The lowest BCUT2D eigenvalue weighted by Crippen LogP contribution is -2.26. The van der Waals surface area contributed by atoms with Crippen LogP contribution in [0.2, 0.25) is 5.02 Å². The van der Waals surface area contributed by atoms with Crippen LogP contribution in [0.3, 0.4) is 0 Å². The fourth-order valence-corrected chi connectivity index (χ4v) is 1.93. The summed E-state index contributed by atoms with van der Waals surface area (Å²) in [6.07, 6.45) is 0. The minimum atomic E-state index is -0.680. The molecule has 0 bridgehead atoms. The first-order chi connectivity index (χ1) is 7.52. The Bertz CT molecular complexity index is 654. The summed E-state index contributed by atoms with van der Waals surface area (Å²) in [6.45, 7) is 3.65. The van der Waals surface area contributed by atoms with E-state index in [0.29, 0.717) is 15.9 Å². The van der Waals surface area contributed by atoms with Crippen molar-refractivity contribution >= 4 is 22.5 Å². The summed E-state index contributed by atoms with van der Waals surface area (Å²) in [6, 6.07) is 4.75. The average molecular weight is 240 g/mol. The quantitative estimate of drug-likeness (QED) is 0.767. The second-order valence-corrected chi connectivity index (χ2v) is 4.16. The summed E-state index contributed by atoms with van der Waals surface area (Å²) in [4.78, 5) is 23.1. The molecule has 0 unspecified atom stereocenters. The van der Waals surface area contributed by atoms with E-state index in [0.717, 1.165) is 0 Å². The van der Waals surface area contributed by atoms with Crippen molar-refractivity contribution in [2.45, 2.75) is 19.9 Å². The summed E-state index contributed by atoms with van der Waals surface area (Å²) in [5.41, 5.74) is -0.222. The molecular formula is C11H10ClNO3. The van der Waals surface area contributed by atoms with Crippen LogP contribution in [0.5, 0.6) is 0 Å². The molecule has 1 heterocycles. The molecule has 0 amide bonds. The molecule has 0 aliphatic rings. The molecule has 0 atom stereocenters. The average Bonchev–Trinajstić information content (AvgIpc) is 2.19. The third-order valence-corrected chi connectivity index (χ3v) is 2.65. The highest BCUT2D eigenvalue weighted by atomic mass is 35.5. The van der Waals surface area contributed by atoms with Gasteiger partial charge in [0.2, 0.25) is 0 Å². The Balaban J connectivity index is 3.11. The molecule has 4 nitrogen and oxygen atoms in total. The lowest BCUT2D eigenvalue weighted by Gasteiger charge is -2.12. The molecule has 1 aromatic heterocycles. The number of nitrogens with zero attached hydrogens (tertiary/aromatic N) is 1. The summed E-state index contributed by atoms with van der Waals surface area (Å²) in [7, 11) is 0. The second kappa shape index (κ2) is 3.79. The molecule has 0 aliphatic carbocycles. The van der Waals surface area contributed by atoms with Crippen molar-refractivity contribution in [3.63, 3.8) is 0 Å². The molecule has 5 heteroatoms. The van der Waals surface area contributed by atoms with Crippen molar-refractivity contribution in [2.75, 3.05) is 0 Å². The van der Waals surface area contributed by atoms with Crippen LogP contribution in [0, 0.1) is 0 Å². The number of halogens is 1. The Morgan fingerprint density at radius 1 is 1.31 bits per heavy atom. The fraction of sp³-hybridized carbons (Fsp3) is 0.273. The molecule has 0 spiro atoms. The normalized spacial score (nSPS) is 11.2. The van der Waals surface area contributed by atoms with E-state index in [1.165, 1.54) is 4.57 Å². The topological polar surface area (TPSA) is 52.2 Å². The Morgan fingerprint density at radius 3 is 2.62 bits per heavy atom. The second-order valence-electron chi connectivity index (χ2n) is 3.76. The Hall–Kier alpha value is -1.55. The van der Waals surface area contributed by atoms with Crippen LogP contribution in [-0.2, 0) is 0 Å². The standard InChI is InChI=1S/C11H10ClNO3/c1-6(2)13-9-7(4-3-5-8(9)12)10(14)16-11(13)15/h3-6H,1-2H3. The molecule has 1 aromatic carbocycles. The van der Waals surface area contributed by atoms with Crippen LogP contribution in [-0.4, -0.2) is 4.57 Å². The van der Waals surface area contributed by atoms with Crippen LogP contribution in [0.25, 0.3) is 10.9 Å². The van der Waals surface area contributed by atoms with Gasteiger partial charge < -0.3 is 4.42 Å². The molecule has 2 aromatic rings. The van der Waals surface area contributed by atoms with Crippen LogP contribution >= 0.6 is 11.6 Å². The zero-order chi connectivity index (χ0) is 11.9. The zero-order valence-corrected chi connectivity index (χ0v) is 9.62. The van der Waals surface area contributed by atoms with E-state index >= 15 is 0 Å². The fourth-order valence-electron chi connectivity index (χ4n) is 1.67. The van der Waals surface area contributed by atoms with E-state index in [2.05, 4.69) is 4.42 Å². The molecular weight excluding hydrogens is 230 g/mol. The van der Waals surface area contributed by atoms with Crippen LogP contribution in [0.4, 0.5) is 0 Å². The van der Waals surface area contributed by atoms with Gasteiger partial charge in [-0.2, -0.15) is 0 Å². The highest BCUT2D eigenvalue weighted by Crippen LogP contribution is 2.21.